The monoisotopic (exact) mass is 558 g/mol. The van der Waals surface area contributed by atoms with E-state index < -0.39 is 23.8 Å². The molecule has 2 N–H and O–H groups in total. The van der Waals surface area contributed by atoms with Crippen LogP contribution in [0.3, 0.4) is 0 Å². The fraction of sp³-hybridized carbons (Fsp3) is 0.423. The maximum atomic E-state index is 14.8. The third kappa shape index (κ3) is 6.11. The largest absolute Gasteiger partial charge is 0.425 e. The number of carbonyl (C=O) groups excluding carboxylic acids is 2. The number of aryl methyl sites for hydroxylation is 1. The Morgan fingerprint density at radius 1 is 1.18 bits per heavy atom. The minimum absolute atomic E-state index is 0.0951. The number of thiazole rings is 1. The lowest BCUT2D eigenvalue weighted by Crippen LogP contribution is -2.54. The van der Waals surface area contributed by atoms with Crippen LogP contribution < -0.4 is 10.6 Å². The molecule has 12 heteroatoms. The topological polar surface area (TPSA) is 113 Å². The minimum Gasteiger partial charge on any atom is -0.425 e. The van der Waals surface area contributed by atoms with E-state index in [0.717, 1.165) is 36.2 Å². The highest BCUT2D eigenvalue weighted by Gasteiger charge is 2.36. The molecule has 2 amide bonds. The molecule has 0 saturated heterocycles. The molecular formula is C26H28ClFN6O3S. The highest BCUT2D eigenvalue weighted by molar-refractivity contribution is 7.13. The van der Waals surface area contributed by atoms with Gasteiger partial charge in [-0.3, -0.25) is 9.59 Å². The summed E-state index contributed by atoms with van der Waals surface area (Å²) in [5.41, 5.74) is 1.47. The molecule has 38 heavy (non-hydrogen) atoms. The molecule has 1 aromatic carbocycles. The number of likely N-dealkylation sites (N-methyl/N-ethyl adjacent to an activating group) is 1. The molecule has 3 aromatic rings. The molecule has 1 saturated carbocycles. The van der Waals surface area contributed by atoms with Gasteiger partial charge in [0, 0.05) is 48.3 Å². The highest BCUT2D eigenvalue weighted by Crippen LogP contribution is 2.33. The molecule has 0 radical (unpaired) electrons. The van der Waals surface area contributed by atoms with E-state index in [9.17, 15) is 14.0 Å². The first-order valence-electron chi connectivity index (χ1n) is 12.5. The number of fused-ring (bicyclic) bond motifs is 1. The predicted molar refractivity (Wildman–Crippen MR) is 142 cm³/mol. The molecule has 2 aromatic heterocycles. The van der Waals surface area contributed by atoms with Crippen LogP contribution in [-0.2, 0) is 17.8 Å². The van der Waals surface area contributed by atoms with Crippen molar-refractivity contribution in [2.45, 2.75) is 57.2 Å². The van der Waals surface area contributed by atoms with Gasteiger partial charge in [-0.15, -0.1) is 21.5 Å². The van der Waals surface area contributed by atoms with E-state index in [-0.39, 0.29) is 11.8 Å². The van der Waals surface area contributed by atoms with Gasteiger partial charge in [0.25, 0.3) is 11.8 Å². The quantitative estimate of drug-likeness (QED) is 0.439. The summed E-state index contributed by atoms with van der Waals surface area (Å²) < 4.78 is 20.4. The Hall–Kier alpha value is -3.15. The van der Waals surface area contributed by atoms with Gasteiger partial charge in [0.1, 0.15) is 0 Å². The SMILES string of the molecule is Cc1nnc([C@H]2CC[C@H](NC(=O)/C(F)=C/c3ccc(Cl)cc3)[C@H](NC(=O)c3nc4c(s3)CN(C)CC4)C2)o1. The highest BCUT2D eigenvalue weighted by atomic mass is 35.5. The van der Waals surface area contributed by atoms with Crippen LogP contribution in [-0.4, -0.2) is 57.6 Å². The molecule has 3 heterocycles. The van der Waals surface area contributed by atoms with E-state index >= 15 is 0 Å². The smallest absolute Gasteiger partial charge is 0.280 e. The molecule has 200 valence electrons. The van der Waals surface area contributed by atoms with Crippen LogP contribution in [0.4, 0.5) is 4.39 Å². The van der Waals surface area contributed by atoms with Crippen molar-refractivity contribution in [2.75, 3.05) is 13.6 Å². The Bertz CT molecular complexity index is 1360. The van der Waals surface area contributed by atoms with E-state index in [1.54, 1.807) is 31.2 Å². The van der Waals surface area contributed by atoms with E-state index in [1.165, 1.54) is 11.3 Å². The molecule has 0 unspecified atom stereocenters. The van der Waals surface area contributed by atoms with Gasteiger partial charge in [-0.05, 0) is 50.1 Å². The number of carbonyl (C=O) groups is 2. The van der Waals surface area contributed by atoms with E-state index in [1.807, 2.05) is 7.05 Å². The Balaban J connectivity index is 1.32. The second-order valence-corrected chi connectivity index (χ2v) is 11.3. The van der Waals surface area contributed by atoms with Crippen molar-refractivity contribution in [3.05, 3.63) is 68.0 Å². The molecule has 9 nitrogen and oxygen atoms in total. The predicted octanol–water partition coefficient (Wildman–Crippen LogP) is 4.04. The van der Waals surface area contributed by atoms with E-state index in [0.29, 0.717) is 46.6 Å². The van der Waals surface area contributed by atoms with Crippen LogP contribution >= 0.6 is 22.9 Å². The third-order valence-electron chi connectivity index (χ3n) is 6.87. The summed E-state index contributed by atoms with van der Waals surface area (Å²) in [5.74, 6) is -1.22. The first kappa shape index (κ1) is 26.5. The van der Waals surface area contributed by atoms with Crippen LogP contribution in [0.25, 0.3) is 6.08 Å². The zero-order valence-electron chi connectivity index (χ0n) is 21.0. The maximum absolute atomic E-state index is 14.8. The third-order valence-corrected chi connectivity index (χ3v) is 8.20. The fourth-order valence-corrected chi connectivity index (χ4v) is 6.08. The lowest BCUT2D eigenvalue weighted by Gasteiger charge is -2.35. The van der Waals surface area contributed by atoms with E-state index in [2.05, 4.69) is 30.7 Å². The Morgan fingerprint density at radius 2 is 1.97 bits per heavy atom. The lowest BCUT2D eigenvalue weighted by atomic mass is 9.82. The van der Waals surface area contributed by atoms with Gasteiger partial charge in [-0.2, -0.15) is 0 Å². The first-order chi connectivity index (χ1) is 18.2. The Morgan fingerprint density at radius 3 is 2.71 bits per heavy atom. The normalized spacial score (nSPS) is 22.1. The van der Waals surface area contributed by atoms with Gasteiger partial charge < -0.3 is 20.0 Å². The molecule has 2 aliphatic rings. The number of hydrogen-bond acceptors (Lipinski definition) is 8. The zero-order chi connectivity index (χ0) is 26.8. The summed E-state index contributed by atoms with van der Waals surface area (Å²) in [6, 6.07) is 5.53. The number of aromatic nitrogens is 3. The van der Waals surface area contributed by atoms with Crippen LogP contribution in [0.2, 0.25) is 5.02 Å². The number of amides is 2. The number of halogens is 2. The van der Waals surface area contributed by atoms with Gasteiger partial charge in [0.2, 0.25) is 11.8 Å². The first-order valence-corrected chi connectivity index (χ1v) is 13.7. The van der Waals surface area contributed by atoms with E-state index in [4.69, 9.17) is 16.0 Å². The number of hydrogen-bond donors (Lipinski definition) is 2. The van der Waals surface area contributed by atoms with Crippen molar-refractivity contribution >= 4 is 40.8 Å². The minimum atomic E-state index is -0.927. The maximum Gasteiger partial charge on any atom is 0.280 e. The van der Waals surface area contributed by atoms with Crippen molar-refractivity contribution in [2.24, 2.45) is 0 Å². The molecule has 0 bridgehead atoms. The summed E-state index contributed by atoms with van der Waals surface area (Å²) >= 11 is 7.27. The van der Waals surface area contributed by atoms with Gasteiger partial charge in [-0.1, -0.05) is 23.7 Å². The molecular weight excluding hydrogens is 531 g/mol. The molecule has 3 atom stereocenters. The van der Waals surface area contributed by atoms with Crippen molar-refractivity contribution in [3.8, 4) is 0 Å². The number of rotatable bonds is 6. The zero-order valence-corrected chi connectivity index (χ0v) is 22.6. The second kappa shape index (κ2) is 11.3. The number of nitrogens with zero attached hydrogens (tertiary/aromatic N) is 4. The molecule has 1 aliphatic carbocycles. The van der Waals surface area contributed by atoms with Crippen LogP contribution in [0.1, 0.15) is 62.9 Å². The Kier molecular flexibility index (Phi) is 7.87. The summed E-state index contributed by atoms with van der Waals surface area (Å²) in [6.45, 7) is 3.38. The number of nitrogens with one attached hydrogen (secondary N) is 2. The van der Waals surface area contributed by atoms with Crippen molar-refractivity contribution in [1.82, 2.24) is 30.7 Å². The summed E-state index contributed by atoms with van der Waals surface area (Å²) in [4.78, 5) is 33.9. The van der Waals surface area contributed by atoms with Crippen molar-refractivity contribution < 1.29 is 18.4 Å². The molecule has 0 spiro atoms. The average Bonchev–Trinajstić information content (AvgIpc) is 3.52. The molecule has 5 rings (SSSR count). The summed E-state index contributed by atoms with van der Waals surface area (Å²) in [5, 5.41) is 14.8. The molecule has 1 aliphatic heterocycles. The molecule has 1 fully saturated rings. The van der Waals surface area contributed by atoms with Crippen molar-refractivity contribution in [3.63, 3.8) is 0 Å². The Labute approximate surface area is 228 Å². The van der Waals surface area contributed by atoms with Crippen LogP contribution in [0, 0.1) is 6.92 Å². The van der Waals surface area contributed by atoms with Gasteiger partial charge >= 0.3 is 0 Å². The van der Waals surface area contributed by atoms with Gasteiger partial charge in [0.05, 0.1) is 11.7 Å². The summed E-state index contributed by atoms with van der Waals surface area (Å²) in [7, 11) is 2.04. The van der Waals surface area contributed by atoms with Crippen molar-refractivity contribution in [1.29, 1.82) is 0 Å². The van der Waals surface area contributed by atoms with Crippen LogP contribution in [0.15, 0.2) is 34.5 Å². The van der Waals surface area contributed by atoms with Gasteiger partial charge in [-0.25, -0.2) is 9.37 Å². The van der Waals surface area contributed by atoms with Gasteiger partial charge in [0.15, 0.2) is 10.8 Å². The second-order valence-electron chi connectivity index (χ2n) is 9.75. The summed E-state index contributed by atoms with van der Waals surface area (Å²) in [6.07, 6.45) is 3.54. The fourth-order valence-electron chi connectivity index (χ4n) is 4.86. The standard InChI is InChI=1S/C26H28ClFN6O3S/c1-14-32-33-25(37-14)16-5-8-19(29-23(35)18(28)11-15-3-6-17(27)7-4-15)21(12-16)30-24(36)26-31-20-9-10-34(2)13-22(20)38-26/h3-4,6-7,11,16,19,21H,5,8-10,12-13H2,1-2H3,(H,29,35)(H,30,36)/b18-11-/t16-,19-,21+/m0/s1. The number of benzene rings is 1. The average molecular weight is 559 g/mol. The lowest BCUT2D eigenvalue weighted by molar-refractivity contribution is -0.119. The van der Waals surface area contributed by atoms with Crippen LogP contribution in [0.5, 0.6) is 0 Å².